The highest BCUT2D eigenvalue weighted by molar-refractivity contribution is 5.71. The van der Waals surface area contributed by atoms with Crippen molar-refractivity contribution in [1.82, 2.24) is 14.9 Å². The Balaban J connectivity index is 1.48. The molecule has 0 atom stereocenters. The summed E-state index contributed by atoms with van der Waals surface area (Å²) in [7, 11) is 0. The van der Waals surface area contributed by atoms with Gasteiger partial charge in [0.25, 0.3) is 0 Å². The Morgan fingerprint density at radius 2 is 1.97 bits per heavy atom. The SMILES string of the molecule is Cc1ccc(Nc2ncnc3c2OCCN3C2CCN(C(=O)OC(C)(C)C)CC2)c(F)c1. The lowest BCUT2D eigenvalue weighted by atomic mass is 10.0. The number of carbonyl (C=O) groups is 1. The molecule has 4 rings (SSSR count). The van der Waals surface area contributed by atoms with Crippen LogP contribution in [0.4, 0.5) is 26.5 Å². The highest BCUT2D eigenvalue weighted by Crippen LogP contribution is 2.39. The van der Waals surface area contributed by atoms with E-state index in [1.165, 1.54) is 12.4 Å². The quantitative estimate of drug-likeness (QED) is 0.759. The summed E-state index contributed by atoms with van der Waals surface area (Å²) in [6.07, 6.45) is 2.80. The Morgan fingerprint density at radius 1 is 1.22 bits per heavy atom. The number of aryl methyl sites for hydroxylation is 1. The van der Waals surface area contributed by atoms with Crippen molar-refractivity contribution in [2.24, 2.45) is 0 Å². The Morgan fingerprint density at radius 3 is 2.66 bits per heavy atom. The van der Waals surface area contributed by atoms with Gasteiger partial charge < -0.3 is 24.6 Å². The van der Waals surface area contributed by atoms with Crippen LogP contribution in [0.2, 0.25) is 0 Å². The van der Waals surface area contributed by atoms with Gasteiger partial charge in [0.1, 0.15) is 24.4 Å². The molecule has 2 aliphatic heterocycles. The van der Waals surface area contributed by atoms with Crippen molar-refractivity contribution in [1.29, 1.82) is 0 Å². The van der Waals surface area contributed by atoms with E-state index in [4.69, 9.17) is 9.47 Å². The molecule has 32 heavy (non-hydrogen) atoms. The summed E-state index contributed by atoms with van der Waals surface area (Å²) in [5, 5.41) is 3.05. The molecule has 1 aromatic carbocycles. The second-order valence-electron chi connectivity index (χ2n) is 9.22. The summed E-state index contributed by atoms with van der Waals surface area (Å²) in [5.41, 5.74) is 0.676. The van der Waals surface area contributed by atoms with Crippen LogP contribution in [0.1, 0.15) is 39.2 Å². The molecule has 2 aliphatic rings. The summed E-state index contributed by atoms with van der Waals surface area (Å²) in [5.74, 6) is 1.30. The third-order valence-electron chi connectivity index (χ3n) is 5.57. The minimum absolute atomic E-state index is 0.218. The number of halogens is 1. The molecule has 8 nitrogen and oxygen atoms in total. The number of nitrogens with one attached hydrogen (secondary N) is 1. The molecule has 9 heteroatoms. The van der Waals surface area contributed by atoms with Gasteiger partial charge in [-0.05, 0) is 58.2 Å². The molecule has 0 spiro atoms. The van der Waals surface area contributed by atoms with E-state index in [2.05, 4.69) is 20.2 Å². The summed E-state index contributed by atoms with van der Waals surface area (Å²) in [6.45, 7) is 9.88. The van der Waals surface area contributed by atoms with Crippen LogP contribution in [-0.4, -0.2) is 58.8 Å². The summed E-state index contributed by atoms with van der Waals surface area (Å²) >= 11 is 0. The Labute approximate surface area is 187 Å². The van der Waals surface area contributed by atoms with Gasteiger partial charge in [0, 0.05) is 19.1 Å². The zero-order valence-electron chi connectivity index (χ0n) is 19.0. The van der Waals surface area contributed by atoms with Gasteiger partial charge in [0.05, 0.1) is 12.2 Å². The second kappa shape index (κ2) is 8.80. The summed E-state index contributed by atoms with van der Waals surface area (Å²) in [6, 6.07) is 5.22. The average Bonchev–Trinajstić information content (AvgIpc) is 2.74. The highest BCUT2D eigenvalue weighted by atomic mass is 19.1. The molecule has 3 heterocycles. The largest absolute Gasteiger partial charge is 0.485 e. The number of benzene rings is 1. The lowest BCUT2D eigenvalue weighted by Crippen LogP contribution is -2.50. The third kappa shape index (κ3) is 4.87. The fourth-order valence-electron chi connectivity index (χ4n) is 4.03. The zero-order chi connectivity index (χ0) is 22.9. The van der Waals surface area contributed by atoms with Gasteiger partial charge >= 0.3 is 6.09 Å². The van der Waals surface area contributed by atoms with E-state index < -0.39 is 5.60 Å². The molecule has 0 radical (unpaired) electrons. The van der Waals surface area contributed by atoms with Crippen molar-refractivity contribution in [3.05, 3.63) is 35.9 Å². The Hall–Kier alpha value is -3.10. The molecule has 1 N–H and O–H groups in total. The number of aromatic nitrogens is 2. The molecule has 0 saturated carbocycles. The number of carbonyl (C=O) groups excluding carboxylic acids is 1. The number of hydrogen-bond donors (Lipinski definition) is 1. The Bertz CT molecular complexity index is 986. The highest BCUT2D eigenvalue weighted by Gasteiger charge is 2.33. The van der Waals surface area contributed by atoms with Gasteiger partial charge in [-0.1, -0.05) is 6.07 Å². The molecule has 172 valence electrons. The van der Waals surface area contributed by atoms with Crippen LogP contribution in [0.15, 0.2) is 24.5 Å². The van der Waals surface area contributed by atoms with E-state index in [0.717, 1.165) is 18.4 Å². The monoisotopic (exact) mass is 443 g/mol. The number of rotatable bonds is 3. The summed E-state index contributed by atoms with van der Waals surface area (Å²) < 4.78 is 25.7. The first-order valence-electron chi connectivity index (χ1n) is 11.0. The summed E-state index contributed by atoms with van der Waals surface area (Å²) in [4.78, 5) is 25.1. The first kappa shape index (κ1) is 22.1. The molecule has 1 amide bonds. The fraction of sp³-hybridized carbons (Fsp3) is 0.522. The van der Waals surface area contributed by atoms with Gasteiger partial charge in [-0.15, -0.1) is 0 Å². The van der Waals surface area contributed by atoms with Gasteiger partial charge in [-0.3, -0.25) is 0 Å². The van der Waals surface area contributed by atoms with E-state index in [0.29, 0.717) is 49.3 Å². The number of likely N-dealkylation sites (tertiary alicyclic amines) is 1. The number of anilines is 3. The molecule has 2 aromatic rings. The maximum absolute atomic E-state index is 14.3. The van der Waals surface area contributed by atoms with Crippen molar-refractivity contribution in [3.8, 4) is 5.75 Å². The predicted molar refractivity (Wildman–Crippen MR) is 120 cm³/mol. The fourth-order valence-corrected chi connectivity index (χ4v) is 4.03. The van der Waals surface area contributed by atoms with Crippen LogP contribution in [0.5, 0.6) is 5.75 Å². The van der Waals surface area contributed by atoms with E-state index >= 15 is 0 Å². The normalized spacial score (nSPS) is 16.9. The smallest absolute Gasteiger partial charge is 0.410 e. The van der Waals surface area contributed by atoms with Crippen molar-refractivity contribution >= 4 is 23.4 Å². The topological polar surface area (TPSA) is 79.8 Å². The predicted octanol–water partition coefficient (Wildman–Crippen LogP) is 4.27. The van der Waals surface area contributed by atoms with Crippen LogP contribution in [-0.2, 0) is 4.74 Å². The lowest BCUT2D eigenvalue weighted by molar-refractivity contribution is 0.0203. The number of fused-ring (bicyclic) bond motifs is 1. The minimum atomic E-state index is -0.506. The number of piperidine rings is 1. The minimum Gasteiger partial charge on any atom is -0.485 e. The molecule has 0 bridgehead atoms. The second-order valence-corrected chi connectivity index (χ2v) is 9.22. The van der Waals surface area contributed by atoms with E-state index in [-0.39, 0.29) is 18.0 Å². The van der Waals surface area contributed by atoms with E-state index in [9.17, 15) is 9.18 Å². The van der Waals surface area contributed by atoms with Crippen molar-refractivity contribution in [2.45, 2.75) is 52.2 Å². The molecule has 1 saturated heterocycles. The van der Waals surface area contributed by atoms with E-state index in [1.807, 2.05) is 33.8 Å². The third-order valence-corrected chi connectivity index (χ3v) is 5.57. The molecule has 0 unspecified atom stereocenters. The van der Waals surface area contributed by atoms with Crippen LogP contribution >= 0.6 is 0 Å². The lowest BCUT2D eigenvalue weighted by Gasteiger charge is -2.41. The standard InChI is InChI=1S/C23H30FN5O3/c1-15-5-6-18(17(24)13-15)27-20-19-21(26-14-25-20)29(11-12-31-19)16-7-9-28(10-8-16)22(30)32-23(2,3)4/h5-6,13-14,16H,7-12H2,1-4H3,(H,25,26,27). The number of nitrogens with zero attached hydrogens (tertiary/aromatic N) is 4. The van der Waals surface area contributed by atoms with Gasteiger partial charge in [0.2, 0.25) is 5.75 Å². The first-order chi connectivity index (χ1) is 15.2. The van der Waals surface area contributed by atoms with Crippen LogP contribution in [0, 0.1) is 12.7 Å². The Kier molecular flexibility index (Phi) is 6.08. The number of hydrogen-bond acceptors (Lipinski definition) is 7. The van der Waals surface area contributed by atoms with Gasteiger partial charge in [0.15, 0.2) is 11.6 Å². The van der Waals surface area contributed by atoms with Gasteiger partial charge in [-0.2, -0.15) is 0 Å². The molecule has 0 aliphatic carbocycles. The molecular weight excluding hydrogens is 413 g/mol. The van der Waals surface area contributed by atoms with Crippen molar-refractivity contribution in [3.63, 3.8) is 0 Å². The number of amides is 1. The molecule has 1 aromatic heterocycles. The van der Waals surface area contributed by atoms with Crippen LogP contribution in [0.25, 0.3) is 0 Å². The zero-order valence-corrected chi connectivity index (χ0v) is 19.0. The molecular formula is C23H30FN5O3. The molecule has 1 fully saturated rings. The average molecular weight is 444 g/mol. The van der Waals surface area contributed by atoms with E-state index in [1.54, 1.807) is 11.0 Å². The van der Waals surface area contributed by atoms with Crippen LogP contribution in [0.3, 0.4) is 0 Å². The first-order valence-corrected chi connectivity index (χ1v) is 11.0. The van der Waals surface area contributed by atoms with Crippen LogP contribution < -0.4 is 15.0 Å². The van der Waals surface area contributed by atoms with Crippen molar-refractivity contribution in [2.75, 3.05) is 36.5 Å². The van der Waals surface area contributed by atoms with Gasteiger partial charge in [-0.25, -0.2) is 19.2 Å². The maximum Gasteiger partial charge on any atom is 0.410 e. The maximum atomic E-state index is 14.3. The van der Waals surface area contributed by atoms with Crippen molar-refractivity contribution < 1.29 is 18.7 Å². The number of ether oxygens (including phenoxy) is 2.